The van der Waals surface area contributed by atoms with E-state index < -0.39 is 10.0 Å². The lowest BCUT2D eigenvalue weighted by atomic mass is 9.93. The summed E-state index contributed by atoms with van der Waals surface area (Å²) in [5, 5.41) is 0. The molecule has 202 valence electrons. The second kappa shape index (κ2) is 11.8. The third-order valence-electron chi connectivity index (χ3n) is 7.12. The lowest BCUT2D eigenvalue weighted by Gasteiger charge is -2.31. The third-order valence-corrected chi connectivity index (χ3v) is 9.01. The van der Waals surface area contributed by atoms with Gasteiger partial charge in [0.2, 0.25) is 10.0 Å². The van der Waals surface area contributed by atoms with Crippen LogP contribution in [0.4, 0.5) is 0 Å². The van der Waals surface area contributed by atoms with Crippen molar-refractivity contribution in [2.24, 2.45) is 18.7 Å². The molecule has 0 aliphatic carbocycles. The highest BCUT2D eigenvalue weighted by Crippen LogP contribution is 2.34. The normalized spacial score (nSPS) is 15.5. The van der Waals surface area contributed by atoms with Gasteiger partial charge in [0.25, 0.3) is 5.56 Å². The first-order valence-electron chi connectivity index (χ1n) is 13.4. The zero-order valence-electron chi connectivity index (χ0n) is 22.1. The first-order chi connectivity index (χ1) is 17.8. The number of sulfonamides is 1. The van der Waals surface area contributed by atoms with Gasteiger partial charge in [0.05, 0.1) is 22.6 Å². The van der Waals surface area contributed by atoms with Crippen LogP contribution in [-0.4, -0.2) is 53.5 Å². The fourth-order valence-electron chi connectivity index (χ4n) is 5.14. The Kier molecular flexibility index (Phi) is 8.71. The molecule has 1 aromatic carbocycles. The molecule has 0 unspecified atom stereocenters. The standard InChI is InChI=1S/C27H39N5O4S/c1-4-7-20-18-31(3)25-24(20)29-26(30-27(25)33)22-17-21(9-10-23(22)36-16-5-2)37(34,35)32-14-11-19(12-15-32)8-6-13-28/h9-10,17-19H,4-8,11-16,28H2,1-3H3,(H,29,30,33). The van der Waals surface area contributed by atoms with Crippen molar-refractivity contribution in [2.45, 2.75) is 63.7 Å². The van der Waals surface area contributed by atoms with E-state index in [1.165, 1.54) is 0 Å². The number of ether oxygens (including phenoxy) is 1. The van der Waals surface area contributed by atoms with Crippen molar-refractivity contribution in [3.05, 3.63) is 40.3 Å². The van der Waals surface area contributed by atoms with Crippen LogP contribution in [0.15, 0.2) is 34.1 Å². The molecular weight excluding hydrogens is 490 g/mol. The summed E-state index contributed by atoms with van der Waals surface area (Å²) < 4.78 is 36.5. The number of aromatic amines is 1. The first-order valence-corrected chi connectivity index (χ1v) is 14.8. The molecule has 9 nitrogen and oxygen atoms in total. The van der Waals surface area contributed by atoms with E-state index in [0.29, 0.717) is 60.3 Å². The molecule has 4 rings (SSSR count). The van der Waals surface area contributed by atoms with E-state index in [0.717, 1.165) is 50.5 Å². The molecule has 1 fully saturated rings. The molecule has 3 aromatic rings. The summed E-state index contributed by atoms with van der Waals surface area (Å²) >= 11 is 0. The first kappa shape index (κ1) is 27.3. The number of nitrogens with two attached hydrogens (primary N) is 1. The minimum absolute atomic E-state index is 0.177. The molecule has 1 saturated heterocycles. The van der Waals surface area contributed by atoms with E-state index in [1.807, 2.05) is 20.2 Å². The van der Waals surface area contributed by atoms with Crippen molar-refractivity contribution >= 4 is 21.1 Å². The summed E-state index contributed by atoms with van der Waals surface area (Å²) in [6.45, 7) is 6.20. The summed E-state index contributed by atoms with van der Waals surface area (Å²) in [6.07, 6.45) is 8.13. The molecule has 0 spiro atoms. The maximum absolute atomic E-state index is 13.6. The highest BCUT2D eigenvalue weighted by Gasteiger charge is 2.30. The fourth-order valence-corrected chi connectivity index (χ4v) is 6.64. The Bertz CT molecular complexity index is 1390. The van der Waals surface area contributed by atoms with Crippen molar-refractivity contribution in [1.82, 2.24) is 18.8 Å². The zero-order chi connectivity index (χ0) is 26.6. The average Bonchev–Trinajstić information content (AvgIpc) is 3.21. The van der Waals surface area contributed by atoms with Gasteiger partial charge in [0.1, 0.15) is 17.1 Å². The summed E-state index contributed by atoms with van der Waals surface area (Å²) in [5.41, 5.74) is 7.98. The summed E-state index contributed by atoms with van der Waals surface area (Å²) in [7, 11) is -1.88. The predicted molar refractivity (Wildman–Crippen MR) is 146 cm³/mol. The number of hydrogen-bond acceptors (Lipinski definition) is 6. The molecule has 0 atom stereocenters. The molecule has 0 radical (unpaired) electrons. The monoisotopic (exact) mass is 529 g/mol. The Morgan fingerprint density at radius 1 is 1.19 bits per heavy atom. The SMILES string of the molecule is CCCOc1ccc(S(=O)(=O)N2CCC(CCCN)CC2)cc1-c1nc2c(CCC)cn(C)c2c(=O)[nH]1. The van der Waals surface area contributed by atoms with Crippen LogP contribution in [0.1, 0.15) is 57.9 Å². The Morgan fingerprint density at radius 2 is 1.95 bits per heavy atom. The van der Waals surface area contributed by atoms with E-state index in [1.54, 1.807) is 27.1 Å². The van der Waals surface area contributed by atoms with Crippen LogP contribution in [0, 0.1) is 5.92 Å². The topological polar surface area (TPSA) is 123 Å². The third kappa shape index (κ3) is 5.76. The number of hydrogen-bond donors (Lipinski definition) is 2. The summed E-state index contributed by atoms with van der Waals surface area (Å²) in [6, 6.07) is 4.85. The maximum atomic E-state index is 13.6. The highest BCUT2D eigenvalue weighted by molar-refractivity contribution is 7.89. The second-order valence-electron chi connectivity index (χ2n) is 9.91. The van der Waals surface area contributed by atoms with Gasteiger partial charge in [-0.2, -0.15) is 4.31 Å². The van der Waals surface area contributed by atoms with Crippen molar-refractivity contribution in [3.8, 4) is 17.1 Å². The number of rotatable bonds is 11. The second-order valence-corrected chi connectivity index (χ2v) is 11.8. The Balaban J connectivity index is 1.74. The molecule has 37 heavy (non-hydrogen) atoms. The van der Waals surface area contributed by atoms with E-state index in [9.17, 15) is 13.2 Å². The van der Waals surface area contributed by atoms with Crippen LogP contribution in [0.3, 0.4) is 0 Å². The minimum Gasteiger partial charge on any atom is -0.493 e. The largest absolute Gasteiger partial charge is 0.493 e. The fraction of sp³-hybridized carbons (Fsp3) is 0.556. The van der Waals surface area contributed by atoms with Gasteiger partial charge in [-0.15, -0.1) is 0 Å². The number of nitrogens with zero attached hydrogens (tertiary/aromatic N) is 3. The van der Waals surface area contributed by atoms with Crippen LogP contribution < -0.4 is 16.0 Å². The molecule has 0 amide bonds. The van der Waals surface area contributed by atoms with Crippen LogP contribution in [0.25, 0.3) is 22.4 Å². The molecule has 1 aliphatic heterocycles. The Hall–Kier alpha value is -2.69. The quantitative estimate of drug-likeness (QED) is 0.389. The van der Waals surface area contributed by atoms with Gasteiger partial charge in [0.15, 0.2) is 0 Å². The maximum Gasteiger partial charge on any atom is 0.275 e. The van der Waals surface area contributed by atoms with E-state index in [4.69, 9.17) is 15.5 Å². The number of fused-ring (bicyclic) bond motifs is 1. The lowest BCUT2D eigenvalue weighted by molar-refractivity contribution is 0.261. The van der Waals surface area contributed by atoms with Crippen molar-refractivity contribution in [1.29, 1.82) is 0 Å². The Morgan fingerprint density at radius 3 is 2.62 bits per heavy atom. The number of aryl methyl sites for hydroxylation is 2. The molecular formula is C27H39N5O4S. The number of benzene rings is 1. The molecule has 2 aromatic heterocycles. The number of H-pyrrole nitrogens is 1. The molecule has 1 aliphatic rings. The minimum atomic E-state index is -3.71. The smallest absolute Gasteiger partial charge is 0.275 e. The summed E-state index contributed by atoms with van der Waals surface area (Å²) in [4.78, 5) is 20.9. The lowest BCUT2D eigenvalue weighted by Crippen LogP contribution is -2.38. The molecule has 0 bridgehead atoms. The highest BCUT2D eigenvalue weighted by atomic mass is 32.2. The molecule has 10 heteroatoms. The van der Waals surface area contributed by atoms with Gasteiger partial charge >= 0.3 is 0 Å². The molecule has 0 saturated carbocycles. The number of piperidine rings is 1. The summed E-state index contributed by atoms with van der Waals surface area (Å²) in [5.74, 6) is 1.32. The van der Waals surface area contributed by atoms with Crippen LogP contribution in [0.2, 0.25) is 0 Å². The van der Waals surface area contributed by atoms with Gasteiger partial charge in [0, 0.05) is 26.3 Å². The van der Waals surface area contributed by atoms with E-state index in [-0.39, 0.29) is 10.5 Å². The van der Waals surface area contributed by atoms with Gasteiger partial charge in [-0.3, -0.25) is 4.79 Å². The predicted octanol–water partition coefficient (Wildman–Crippen LogP) is 3.81. The van der Waals surface area contributed by atoms with Gasteiger partial charge in [-0.25, -0.2) is 13.4 Å². The number of nitrogens with one attached hydrogen (secondary N) is 1. The van der Waals surface area contributed by atoms with Crippen molar-refractivity contribution < 1.29 is 13.2 Å². The Labute approximate surface area is 219 Å². The number of aromatic nitrogens is 3. The van der Waals surface area contributed by atoms with Crippen molar-refractivity contribution in [2.75, 3.05) is 26.2 Å². The molecule has 3 heterocycles. The zero-order valence-corrected chi connectivity index (χ0v) is 22.9. The van der Waals surface area contributed by atoms with Crippen molar-refractivity contribution in [3.63, 3.8) is 0 Å². The van der Waals surface area contributed by atoms with Gasteiger partial charge in [-0.1, -0.05) is 20.3 Å². The van der Waals surface area contributed by atoms with E-state index in [2.05, 4.69) is 11.9 Å². The van der Waals surface area contributed by atoms with Crippen LogP contribution in [-0.2, 0) is 23.5 Å². The average molecular weight is 530 g/mol. The van der Waals surface area contributed by atoms with Gasteiger partial charge in [-0.05, 0) is 74.8 Å². The van der Waals surface area contributed by atoms with E-state index >= 15 is 0 Å². The molecule has 3 N–H and O–H groups in total. The van der Waals surface area contributed by atoms with Crippen LogP contribution >= 0.6 is 0 Å². The van der Waals surface area contributed by atoms with Crippen LogP contribution in [0.5, 0.6) is 5.75 Å². The van der Waals surface area contributed by atoms with Gasteiger partial charge < -0.3 is 20.0 Å².